The Morgan fingerprint density at radius 3 is 2.40 bits per heavy atom. The van der Waals surface area contributed by atoms with Gasteiger partial charge in [-0.25, -0.2) is 13.2 Å². The minimum Gasteiger partial charge on any atom is -0.428 e. The summed E-state index contributed by atoms with van der Waals surface area (Å²) in [6.45, 7) is 3.34. The molecular formula is C13H20N4O7S. The van der Waals surface area contributed by atoms with Crippen molar-refractivity contribution in [3.05, 3.63) is 10.4 Å². The lowest BCUT2D eigenvalue weighted by molar-refractivity contribution is -0.179. The normalized spacial score (nSPS) is 16.4. The number of azide groups is 1. The molecule has 1 saturated heterocycles. The number of hydroxylamine groups is 2. The first-order valence-electron chi connectivity index (χ1n) is 7.39. The molecule has 1 aliphatic heterocycles. The van der Waals surface area contributed by atoms with E-state index in [1.807, 2.05) is 0 Å². The predicted octanol–water partition coefficient (Wildman–Crippen LogP) is 1.34. The van der Waals surface area contributed by atoms with E-state index in [1.54, 1.807) is 13.8 Å². The molecule has 0 aromatic heterocycles. The molecule has 0 aromatic rings. The van der Waals surface area contributed by atoms with Gasteiger partial charge in [-0.1, -0.05) is 24.0 Å². The third-order valence-corrected chi connectivity index (χ3v) is 4.56. The summed E-state index contributed by atoms with van der Waals surface area (Å²) >= 11 is 0. The molecule has 0 aliphatic carbocycles. The van der Waals surface area contributed by atoms with E-state index >= 15 is 0 Å². The minimum atomic E-state index is -3.52. The lowest BCUT2D eigenvalue weighted by Crippen LogP contribution is -2.42. The van der Waals surface area contributed by atoms with Gasteiger partial charge in [0.15, 0.2) is 9.84 Å². The van der Waals surface area contributed by atoms with Crippen LogP contribution in [0.5, 0.6) is 0 Å². The Morgan fingerprint density at radius 2 is 1.92 bits per heavy atom. The van der Waals surface area contributed by atoms with Crippen molar-refractivity contribution in [1.29, 1.82) is 0 Å². The second kappa shape index (κ2) is 8.17. The van der Waals surface area contributed by atoms with Crippen LogP contribution in [0.4, 0.5) is 4.79 Å². The third-order valence-electron chi connectivity index (χ3n) is 3.66. The predicted molar refractivity (Wildman–Crippen MR) is 84.6 cm³/mol. The Labute approximate surface area is 144 Å². The summed E-state index contributed by atoms with van der Waals surface area (Å²) in [5, 5.41) is 3.69. The van der Waals surface area contributed by atoms with E-state index in [0.717, 1.165) is 6.26 Å². The molecule has 140 valence electrons. The molecule has 0 aromatic carbocycles. The Kier molecular flexibility index (Phi) is 6.77. The zero-order valence-corrected chi connectivity index (χ0v) is 15.0. The standard InChI is InChI=1S/C13H20N4O7S/c1-13(2,6-7-15-16-14)9(8-25(3,21)22)23-12(20)24-17-10(18)4-5-11(17)19/h9H,4-8H2,1-3H3. The number of carbonyl (C=O) groups is 3. The van der Waals surface area contributed by atoms with Gasteiger partial charge in [0.2, 0.25) is 0 Å². The van der Waals surface area contributed by atoms with Crippen LogP contribution in [0.15, 0.2) is 5.11 Å². The van der Waals surface area contributed by atoms with Crippen molar-refractivity contribution in [1.82, 2.24) is 5.06 Å². The second-order valence-corrected chi connectivity index (χ2v) is 8.50. The van der Waals surface area contributed by atoms with Gasteiger partial charge in [0.1, 0.15) is 6.10 Å². The smallest absolute Gasteiger partial charge is 0.428 e. The summed E-state index contributed by atoms with van der Waals surface area (Å²) in [5.74, 6) is -1.85. The molecule has 0 radical (unpaired) electrons. The number of sulfone groups is 1. The first kappa shape index (κ1) is 20.7. The van der Waals surface area contributed by atoms with Gasteiger partial charge < -0.3 is 4.74 Å². The second-order valence-electron chi connectivity index (χ2n) is 6.32. The quantitative estimate of drug-likeness (QED) is 0.203. The van der Waals surface area contributed by atoms with E-state index in [4.69, 9.17) is 10.3 Å². The molecular weight excluding hydrogens is 356 g/mol. The molecule has 0 saturated carbocycles. The molecule has 0 spiro atoms. The van der Waals surface area contributed by atoms with Gasteiger partial charge in [0, 0.05) is 36.0 Å². The Morgan fingerprint density at radius 1 is 1.36 bits per heavy atom. The fraction of sp³-hybridized carbons (Fsp3) is 0.769. The maximum Gasteiger partial charge on any atom is 0.534 e. The zero-order valence-electron chi connectivity index (χ0n) is 14.2. The van der Waals surface area contributed by atoms with Gasteiger partial charge in [-0.3, -0.25) is 14.4 Å². The SMILES string of the molecule is CC(C)(CCN=[N+]=[N-])C(CS(C)(=O)=O)OC(=O)ON1C(=O)CCC1=O. The molecule has 1 unspecified atom stereocenters. The van der Waals surface area contributed by atoms with Crippen LogP contribution >= 0.6 is 0 Å². The monoisotopic (exact) mass is 376 g/mol. The molecule has 25 heavy (non-hydrogen) atoms. The van der Waals surface area contributed by atoms with E-state index in [1.165, 1.54) is 0 Å². The molecule has 1 aliphatic rings. The maximum absolute atomic E-state index is 11.9. The lowest BCUT2D eigenvalue weighted by Gasteiger charge is -2.32. The fourth-order valence-electron chi connectivity index (χ4n) is 2.11. The van der Waals surface area contributed by atoms with Crippen molar-refractivity contribution in [3.63, 3.8) is 0 Å². The van der Waals surface area contributed by atoms with Crippen molar-refractivity contribution in [2.24, 2.45) is 10.5 Å². The first-order chi connectivity index (χ1) is 11.5. The van der Waals surface area contributed by atoms with E-state index in [0.29, 0.717) is 5.06 Å². The summed E-state index contributed by atoms with van der Waals surface area (Å²) in [4.78, 5) is 42.0. The van der Waals surface area contributed by atoms with Gasteiger partial charge in [0.25, 0.3) is 11.8 Å². The van der Waals surface area contributed by atoms with E-state index in [-0.39, 0.29) is 25.8 Å². The Bertz CT molecular complexity index is 681. The molecule has 1 fully saturated rings. The van der Waals surface area contributed by atoms with Gasteiger partial charge in [-0.15, -0.1) is 0 Å². The molecule has 2 amide bonds. The van der Waals surface area contributed by atoms with Crippen molar-refractivity contribution >= 4 is 27.8 Å². The van der Waals surface area contributed by atoms with E-state index < -0.39 is 45.1 Å². The first-order valence-corrected chi connectivity index (χ1v) is 9.45. The summed E-state index contributed by atoms with van der Waals surface area (Å²) in [5.41, 5.74) is 7.46. The number of hydrogen-bond donors (Lipinski definition) is 0. The van der Waals surface area contributed by atoms with E-state index in [2.05, 4.69) is 14.9 Å². The summed E-state index contributed by atoms with van der Waals surface area (Å²) in [6.07, 6.45) is -1.41. The van der Waals surface area contributed by atoms with Gasteiger partial charge in [-0.05, 0) is 12.0 Å². The number of nitrogens with zero attached hydrogens (tertiary/aromatic N) is 4. The van der Waals surface area contributed by atoms with Crippen LogP contribution in [-0.4, -0.2) is 56.1 Å². The average molecular weight is 376 g/mol. The number of hydrogen-bond acceptors (Lipinski definition) is 8. The van der Waals surface area contributed by atoms with E-state index in [9.17, 15) is 22.8 Å². The van der Waals surface area contributed by atoms with Crippen molar-refractivity contribution < 1.29 is 32.4 Å². The molecule has 12 heteroatoms. The number of carbonyl (C=O) groups excluding carboxylic acids is 3. The van der Waals surface area contributed by atoms with Crippen LogP contribution < -0.4 is 0 Å². The van der Waals surface area contributed by atoms with Crippen molar-refractivity contribution in [2.75, 3.05) is 18.6 Å². The number of ether oxygens (including phenoxy) is 1. The Balaban J connectivity index is 2.85. The number of amides is 2. The van der Waals surface area contributed by atoms with Crippen molar-refractivity contribution in [3.8, 4) is 0 Å². The highest BCUT2D eigenvalue weighted by molar-refractivity contribution is 7.90. The molecule has 0 bridgehead atoms. The van der Waals surface area contributed by atoms with Crippen LogP contribution in [0.3, 0.4) is 0 Å². The molecule has 1 rings (SSSR count). The lowest BCUT2D eigenvalue weighted by atomic mass is 9.84. The van der Waals surface area contributed by atoms with Crippen LogP contribution in [0, 0.1) is 5.41 Å². The highest BCUT2D eigenvalue weighted by atomic mass is 32.2. The van der Waals surface area contributed by atoms with Crippen LogP contribution in [0.1, 0.15) is 33.1 Å². The highest BCUT2D eigenvalue weighted by Gasteiger charge is 2.38. The molecule has 11 nitrogen and oxygen atoms in total. The van der Waals surface area contributed by atoms with Crippen molar-refractivity contribution in [2.45, 2.75) is 39.2 Å². The largest absolute Gasteiger partial charge is 0.534 e. The summed E-state index contributed by atoms with van der Waals surface area (Å²) < 4.78 is 28.3. The molecule has 1 heterocycles. The minimum absolute atomic E-state index is 0.0729. The number of imide groups is 1. The van der Waals surface area contributed by atoms with Gasteiger partial charge in [0.05, 0.1) is 5.75 Å². The third kappa shape index (κ3) is 6.59. The van der Waals surface area contributed by atoms with Gasteiger partial charge >= 0.3 is 6.16 Å². The molecule has 0 N–H and O–H groups in total. The average Bonchev–Trinajstić information content (AvgIpc) is 2.77. The summed E-state index contributed by atoms with van der Waals surface area (Å²) in [6, 6.07) is 0. The topological polar surface area (TPSA) is 156 Å². The zero-order chi connectivity index (χ0) is 19.3. The van der Waals surface area contributed by atoms with Gasteiger partial charge in [-0.2, -0.15) is 0 Å². The maximum atomic E-state index is 11.9. The summed E-state index contributed by atoms with van der Waals surface area (Å²) in [7, 11) is -3.52. The van der Waals surface area contributed by atoms with Crippen LogP contribution in [-0.2, 0) is 29.0 Å². The van der Waals surface area contributed by atoms with Crippen LogP contribution in [0.2, 0.25) is 0 Å². The Hall–Kier alpha value is -2.33. The highest BCUT2D eigenvalue weighted by Crippen LogP contribution is 2.29. The van der Waals surface area contributed by atoms with Crippen LogP contribution in [0.25, 0.3) is 10.4 Å². The number of rotatable bonds is 8. The fourth-order valence-corrected chi connectivity index (χ4v) is 3.18. The molecule has 1 atom stereocenters.